The molecule has 1 aliphatic heterocycles. The molecule has 27 heavy (non-hydrogen) atoms. The maximum absolute atomic E-state index is 13.0. The van der Waals surface area contributed by atoms with E-state index in [1.54, 1.807) is 23.1 Å². The molecule has 0 radical (unpaired) electrons. The minimum Gasteiger partial charge on any atom is -0.338 e. The predicted octanol–water partition coefficient (Wildman–Crippen LogP) is 5.12. The highest BCUT2D eigenvalue weighted by Crippen LogP contribution is 2.33. The van der Waals surface area contributed by atoms with Crippen LogP contribution in [0.25, 0.3) is 0 Å². The lowest BCUT2D eigenvalue weighted by Gasteiger charge is -2.22. The third-order valence-electron chi connectivity index (χ3n) is 4.51. The Morgan fingerprint density at radius 3 is 2.70 bits per heavy atom. The lowest BCUT2D eigenvalue weighted by Crippen LogP contribution is -2.36. The molecule has 1 N–H and O–H groups in total. The molecule has 5 nitrogen and oxygen atoms in total. The molecule has 0 aliphatic carbocycles. The molecule has 1 aliphatic rings. The number of rotatable bonds is 3. The van der Waals surface area contributed by atoms with Crippen LogP contribution in [0.15, 0.2) is 54.9 Å². The van der Waals surface area contributed by atoms with Gasteiger partial charge >= 0.3 is 0 Å². The molecule has 0 saturated heterocycles. The first-order valence-electron chi connectivity index (χ1n) is 8.49. The highest BCUT2D eigenvalue weighted by Gasteiger charge is 2.31. The number of benzene rings is 2. The number of hydrogen-bond acceptors (Lipinski definition) is 4. The van der Waals surface area contributed by atoms with E-state index >= 15 is 0 Å². The maximum atomic E-state index is 13.0. The fourth-order valence-electron chi connectivity index (χ4n) is 3.24. The molecule has 7 heteroatoms. The number of carbonyl (C=O) groups is 1. The van der Waals surface area contributed by atoms with Gasteiger partial charge in [-0.25, -0.2) is 9.97 Å². The topological polar surface area (TPSA) is 58.1 Å². The van der Waals surface area contributed by atoms with Gasteiger partial charge in [0, 0.05) is 11.7 Å². The van der Waals surface area contributed by atoms with Crippen molar-refractivity contribution in [1.29, 1.82) is 0 Å². The Labute approximate surface area is 167 Å². The lowest BCUT2D eigenvalue weighted by atomic mass is 10.1. The van der Waals surface area contributed by atoms with Crippen molar-refractivity contribution in [1.82, 2.24) is 9.97 Å². The standard InChI is InChI=1S/C20H16Cl2N4O/c1-12-9-13-5-2-3-8-17(13)26(12)20(27)16-10-24-18(11-23-16)25-15-7-4-6-14(21)19(15)22/h2-8,10-12H,9H2,1H3,(H,24,25). The highest BCUT2D eigenvalue weighted by molar-refractivity contribution is 6.43. The van der Waals surface area contributed by atoms with Crippen molar-refractivity contribution >= 4 is 46.3 Å². The van der Waals surface area contributed by atoms with Crippen molar-refractivity contribution in [3.05, 3.63) is 76.2 Å². The second-order valence-electron chi connectivity index (χ2n) is 6.37. The van der Waals surface area contributed by atoms with Gasteiger partial charge in [0.25, 0.3) is 5.91 Å². The Hall–Kier alpha value is -2.63. The zero-order valence-corrected chi connectivity index (χ0v) is 16.0. The molecule has 0 spiro atoms. The summed E-state index contributed by atoms with van der Waals surface area (Å²) >= 11 is 12.2. The number of amides is 1. The van der Waals surface area contributed by atoms with Gasteiger partial charge in [-0.1, -0.05) is 47.5 Å². The first kappa shape index (κ1) is 17.8. The molecule has 2 heterocycles. The van der Waals surface area contributed by atoms with Crippen molar-refractivity contribution in [3.8, 4) is 0 Å². The van der Waals surface area contributed by atoms with E-state index in [1.807, 2.05) is 31.2 Å². The normalized spacial score (nSPS) is 15.5. The van der Waals surface area contributed by atoms with E-state index in [0.29, 0.717) is 27.2 Å². The van der Waals surface area contributed by atoms with E-state index in [9.17, 15) is 4.79 Å². The van der Waals surface area contributed by atoms with Crippen LogP contribution >= 0.6 is 23.2 Å². The van der Waals surface area contributed by atoms with Crippen LogP contribution in [-0.2, 0) is 6.42 Å². The van der Waals surface area contributed by atoms with Crippen LogP contribution in [0, 0.1) is 0 Å². The molecule has 0 saturated carbocycles. The maximum Gasteiger partial charge on any atom is 0.278 e. The van der Waals surface area contributed by atoms with Gasteiger partial charge in [-0.3, -0.25) is 4.79 Å². The average molecular weight is 399 g/mol. The monoisotopic (exact) mass is 398 g/mol. The summed E-state index contributed by atoms with van der Waals surface area (Å²) in [4.78, 5) is 23.3. The molecule has 0 fully saturated rings. The van der Waals surface area contributed by atoms with Gasteiger partial charge in [0.2, 0.25) is 0 Å². The van der Waals surface area contributed by atoms with Crippen LogP contribution in [0.2, 0.25) is 10.0 Å². The molecule has 4 rings (SSSR count). The van der Waals surface area contributed by atoms with E-state index in [4.69, 9.17) is 23.2 Å². The van der Waals surface area contributed by atoms with Crippen LogP contribution in [0.3, 0.4) is 0 Å². The number of halogens is 2. The fourth-order valence-corrected chi connectivity index (χ4v) is 3.59. The molecule has 1 aromatic heterocycles. The third kappa shape index (κ3) is 3.36. The van der Waals surface area contributed by atoms with Gasteiger partial charge < -0.3 is 10.2 Å². The number of hydrogen-bond donors (Lipinski definition) is 1. The van der Waals surface area contributed by atoms with Gasteiger partial charge in [0.1, 0.15) is 11.5 Å². The molecule has 0 bridgehead atoms. The summed E-state index contributed by atoms with van der Waals surface area (Å²) in [6.45, 7) is 2.03. The molecule has 1 unspecified atom stereocenters. The number of nitrogens with zero attached hydrogens (tertiary/aromatic N) is 3. The van der Waals surface area contributed by atoms with E-state index < -0.39 is 0 Å². The fraction of sp³-hybridized carbons (Fsp3) is 0.150. The quantitative estimate of drug-likeness (QED) is 0.664. The van der Waals surface area contributed by atoms with Crippen LogP contribution in [0.1, 0.15) is 23.0 Å². The minimum atomic E-state index is -0.160. The SMILES string of the molecule is CC1Cc2ccccc2N1C(=O)c1cnc(Nc2cccc(Cl)c2Cl)cn1. The number of fused-ring (bicyclic) bond motifs is 1. The second kappa shape index (κ2) is 7.18. The summed E-state index contributed by atoms with van der Waals surface area (Å²) in [6.07, 6.45) is 3.82. The Kier molecular flexibility index (Phi) is 4.72. The molecule has 1 amide bonds. The number of nitrogens with one attached hydrogen (secondary N) is 1. The summed E-state index contributed by atoms with van der Waals surface area (Å²) in [5, 5.41) is 3.91. The van der Waals surface area contributed by atoms with Crippen LogP contribution in [0.4, 0.5) is 17.2 Å². The lowest BCUT2D eigenvalue weighted by molar-refractivity contribution is 0.0976. The van der Waals surface area contributed by atoms with Crippen molar-refractivity contribution in [2.24, 2.45) is 0 Å². The average Bonchev–Trinajstić information content (AvgIpc) is 3.01. The second-order valence-corrected chi connectivity index (χ2v) is 7.16. The van der Waals surface area contributed by atoms with Crippen molar-refractivity contribution in [3.63, 3.8) is 0 Å². The van der Waals surface area contributed by atoms with Crippen molar-refractivity contribution in [2.45, 2.75) is 19.4 Å². The largest absolute Gasteiger partial charge is 0.338 e. The third-order valence-corrected chi connectivity index (χ3v) is 5.33. The Morgan fingerprint density at radius 2 is 1.93 bits per heavy atom. The first-order chi connectivity index (χ1) is 13.0. The van der Waals surface area contributed by atoms with E-state index in [0.717, 1.165) is 12.1 Å². The Balaban J connectivity index is 1.56. The minimum absolute atomic E-state index is 0.0831. The number of aromatic nitrogens is 2. The summed E-state index contributed by atoms with van der Waals surface area (Å²) in [5.74, 6) is 0.317. The smallest absolute Gasteiger partial charge is 0.278 e. The Morgan fingerprint density at radius 1 is 1.11 bits per heavy atom. The molecule has 136 valence electrons. The van der Waals surface area contributed by atoms with Gasteiger partial charge in [-0.15, -0.1) is 0 Å². The van der Waals surface area contributed by atoms with Crippen molar-refractivity contribution < 1.29 is 4.79 Å². The number of para-hydroxylation sites is 1. The van der Waals surface area contributed by atoms with Crippen molar-refractivity contribution in [2.75, 3.05) is 10.2 Å². The van der Waals surface area contributed by atoms with Gasteiger partial charge in [-0.2, -0.15) is 0 Å². The zero-order valence-electron chi connectivity index (χ0n) is 14.5. The van der Waals surface area contributed by atoms with Gasteiger partial charge in [0.05, 0.1) is 28.1 Å². The van der Waals surface area contributed by atoms with E-state index in [2.05, 4.69) is 15.3 Å². The van der Waals surface area contributed by atoms with E-state index in [1.165, 1.54) is 18.0 Å². The van der Waals surface area contributed by atoms with Gasteiger partial charge in [-0.05, 0) is 37.1 Å². The number of carbonyl (C=O) groups excluding carboxylic acids is 1. The summed E-state index contributed by atoms with van der Waals surface area (Å²) < 4.78 is 0. The predicted molar refractivity (Wildman–Crippen MR) is 108 cm³/mol. The summed E-state index contributed by atoms with van der Waals surface area (Å²) in [5.41, 5.74) is 3.02. The zero-order chi connectivity index (χ0) is 19.0. The molecule has 3 aromatic rings. The van der Waals surface area contributed by atoms with Crippen LogP contribution in [0.5, 0.6) is 0 Å². The molecule has 1 atom stereocenters. The molecular weight excluding hydrogens is 383 g/mol. The molecule has 2 aromatic carbocycles. The summed E-state index contributed by atoms with van der Waals surface area (Å²) in [7, 11) is 0. The highest BCUT2D eigenvalue weighted by atomic mass is 35.5. The molecular formula is C20H16Cl2N4O. The van der Waals surface area contributed by atoms with E-state index in [-0.39, 0.29) is 11.9 Å². The number of anilines is 3. The summed E-state index contributed by atoms with van der Waals surface area (Å²) in [6, 6.07) is 13.3. The first-order valence-corrected chi connectivity index (χ1v) is 9.24. The Bertz CT molecular complexity index is 1010. The van der Waals surface area contributed by atoms with Gasteiger partial charge in [0.15, 0.2) is 0 Å². The van der Waals surface area contributed by atoms with Crippen LogP contribution in [-0.4, -0.2) is 21.9 Å². The van der Waals surface area contributed by atoms with Crippen LogP contribution < -0.4 is 10.2 Å².